The third-order valence-corrected chi connectivity index (χ3v) is 7.49. The van der Waals surface area contributed by atoms with Gasteiger partial charge in [-0.15, -0.1) is 0 Å². The first kappa shape index (κ1) is 26.9. The van der Waals surface area contributed by atoms with Crippen LogP contribution in [0.3, 0.4) is 0 Å². The molecule has 1 heterocycles. The molecule has 6 aromatic rings. The average Bonchev–Trinajstić information content (AvgIpc) is 3.02. The van der Waals surface area contributed by atoms with E-state index in [2.05, 4.69) is 5.32 Å². The first-order valence-electron chi connectivity index (χ1n) is 13.9. The summed E-state index contributed by atoms with van der Waals surface area (Å²) in [5.74, 6) is -0.121. The minimum Gasteiger partial charge on any atom is -0.314 e. The topological polar surface area (TPSA) is 67.2 Å². The Balaban J connectivity index is 1.48. The van der Waals surface area contributed by atoms with Crippen molar-refractivity contribution in [3.8, 4) is 5.69 Å². The normalized spacial score (nSPS) is 11.9. The number of rotatable bonds is 7. The molecule has 42 heavy (non-hydrogen) atoms. The van der Waals surface area contributed by atoms with E-state index in [1.165, 1.54) is 12.1 Å². The second kappa shape index (κ2) is 11.7. The van der Waals surface area contributed by atoms with Gasteiger partial charge >= 0.3 is 6.03 Å². The van der Waals surface area contributed by atoms with E-state index >= 15 is 0 Å². The summed E-state index contributed by atoms with van der Waals surface area (Å²) in [5, 5.41) is 5.24. The van der Waals surface area contributed by atoms with Gasteiger partial charge in [0.1, 0.15) is 11.6 Å². The molecule has 0 fully saturated rings. The number of amides is 2. The number of anilines is 1. The second-order valence-corrected chi connectivity index (χ2v) is 10.2. The maximum Gasteiger partial charge on any atom is 0.322 e. The molecule has 1 unspecified atom stereocenters. The summed E-state index contributed by atoms with van der Waals surface area (Å²) >= 11 is 0. The van der Waals surface area contributed by atoms with Gasteiger partial charge in [0.05, 0.1) is 28.3 Å². The van der Waals surface area contributed by atoms with E-state index in [0.717, 1.165) is 16.3 Å². The number of hydrogen-bond donors (Lipinski definition) is 1. The van der Waals surface area contributed by atoms with Crippen LogP contribution in [-0.2, 0) is 6.42 Å². The van der Waals surface area contributed by atoms with E-state index in [9.17, 15) is 14.0 Å². The summed E-state index contributed by atoms with van der Waals surface area (Å²) in [4.78, 5) is 34.4. The lowest BCUT2D eigenvalue weighted by atomic mass is 10.1. The zero-order chi connectivity index (χ0) is 29.1. The Morgan fingerprint density at radius 3 is 2.36 bits per heavy atom. The number of para-hydroxylation sites is 2. The van der Waals surface area contributed by atoms with E-state index in [0.29, 0.717) is 35.4 Å². The van der Waals surface area contributed by atoms with Crippen molar-refractivity contribution in [3.05, 3.63) is 149 Å². The van der Waals surface area contributed by atoms with Crippen molar-refractivity contribution in [2.45, 2.75) is 19.4 Å². The van der Waals surface area contributed by atoms with E-state index in [1.54, 1.807) is 33.7 Å². The van der Waals surface area contributed by atoms with Gasteiger partial charge in [-0.2, -0.15) is 0 Å². The molecule has 5 aromatic carbocycles. The summed E-state index contributed by atoms with van der Waals surface area (Å²) in [6.45, 7) is 2.16. The molecule has 6 rings (SSSR count). The summed E-state index contributed by atoms with van der Waals surface area (Å²) in [6, 6.07) is 35.7. The molecule has 208 valence electrons. The highest BCUT2D eigenvalue weighted by Gasteiger charge is 2.27. The Bertz CT molecular complexity index is 1950. The van der Waals surface area contributed by atoms with Gasteiger partial charge < -0.3 is 10.2 Å². The number of carbonyl (C=O) groups is 1. The number of urea groups is 1. The summed E-state index contributed by atoms with van der Waals surface area (Å²) < 4.78 is 16.1. The van der Waals surface area contributed by atoms with Crippen LogP contribution in [0.5, 0.6) is 0 Å². The van der Waals surface area contributed by atoms with Gasteiger partial charge in [-0.3, -0.25) is 9.36 Å². The van der Waals surface area contributed by atoms with Crippen LogP contribution in [0.1, 0.15) is 24.4 Å². The molecule has 0 aliphatic heterocycles. The van der Waals surface area contributed by atoms with E-state index < -0.39 is 17.9 Å². The fraction of sp³-hybridized carbons (Fsp3) is 0.114. The number of hydrogen-bond acceptors (Lipinski definition) is 3. The monoisotopic (exact) mass is 556 g/mol. The van der Waals surface area contributed by atoms with Crippen LogP contribution in [0.2, 0.25) is 0 Å². The molecule has 0 bridgehead atoms. The van der Waals surface area contributed by atoms with E-state index in [-0.39, 0.29) is 11.2 Å². The zero-order valence-electron chi connectivity index (χ0n) is 23.1. The number of aromatic nitrogens is 2. The van der Waals surface area contributed by atoms with E-state index in [1.807, 2.05) is 91.9 Å². The number of halogens is 1. The maximum absolute atomic E-state index is 14.5. The largest absolute Gasteiger partial charge is 0.322 e. The molecule has 0 radical (unpaired) electrons. The highest BCUT2D eigenvalue weighted by atomic mass is 19.1. The van der Waals surface area contributed by atoms with Crippen molar-refractivity contribution in [2.24, 2.45) is 0 Å². The highest BCUT2D eigenvalue weighted by Crippen LogP contribution is 2.26. The Kier molecular flexibility index (Phi) is 7.47. The second-order valence-electron chi connectivity index (χ2n) is 10.2. The van der Waals surface area contributed by atoms with Crippen molar-refractivity contribution in [2.75, 3.05) is 11.9 Å². The van der Waals surface area contributed by atoms with Crippen molar-refractivity contribution in [3.63, 3.8) is 0 Å². The SMILES string of the molecule is CC(c1nc2ccccc2c(=O)n1-c1ccc2ccccc2c1)N(CCc1ccccc1)C(=O)Nc1ccccc1F. The third-order valence-electron chi connectivity index (χ3n) is 7.49. The van der Waals surface area contributed by atoms with Crippen LogP contribution < -0.4 is 10.9 Å². The van der Waals surface area contributed by atoms with Crippen molar-refractivity contribution in [1.29, 1.82) is 0 Å². The third kappa shape index (κ3) is 5.37. The van der Waals surface area contributed by atoms with Gasteiger partial charge in [-0.25, -0.2) is 14.2 Å². The standard InChI is InChI=1S/C35H29FN4O2/c1-24(39(22-21-25-11-3-2-4-12-25)35(42)38-32-18-10-8-16-30(32)36)33-37-31-17-9-7-15-29(31)34(41)40(33)28-20-19-26-13-5-6-14-27(26)23-28/h2-20,23-24H,21-22H2,1H3,(H,38,42). The van der Waals surface area contributed by atoms with Gasteiger partial charge in [0.2, 0.25) is 0 Å². The Morgan fingerprint density at radius 2 is 1.55 bits per heavy atom. The van der Waals surface area contributed by atoms with Gasteiger partial charge in [-0.05, 0) is 66.1 Å². The number of nitrogens with zero attached hydrogens (tertiary/aromatic N) is 3. The van der Waals surface area contributed by atoms with Crippen LogP contribution in [0.15, 0.2) is 126 Å². The molecule has 6 nitrogen and oxygen atoms in total. The first-order chi connectivity index (χ1) is 20.5. The molecule has 1 aromatic heterocycles. The number of carbonyl (C=O) groups excluding carboxylic acids is 1. The molecule has 1 atom stereocenters. The van der Waals surface area contributed by atoms with Gasteiger partial charge in [-0.1, -0.05) is 84.9 Å². The van der Waals surface area contributed by atoms with Crippen LogP contribution >= 0.6 is 0 Å². The zero-order valence-corrected chi connectivity index (χ0v) is 23.1. The first-order valence-corrected chi connectivity index (χ1v) is 13.9. The lowest BCUT2D eigenvalue weighted by Gasteiger charge is -2.31. The van der Waals surface area contributed by atoms with Gasteiger partial charge in [0, 0.05) is 6.54 Å². The Labute approximate surface area is 242 Å². The quantitative estimate of drug-likeness (QED) is 0.221. The fourth-order valence-electron chi connectivity index (χ4n) is 5.25. The molecule has 2 amide bonds. The maximum atomic E-state index is 14.5. The molecule has 7 heteroatoms. The van der Waals surface area contributed by atoms with Crippen molar-refractivity contribution >= 4 is 33.4 Å². The lowest BCUT2D eigenvalue weighted by molar-refractivity contribution is 0.190. The molecular formula is C35H29FN4O2. The van der Waals surface area contributed by atoms with Gasteiger partial charge in [0.15, 0.2) is 0 Å². The highest BCUT2D eigenvalue weighted by molar-refractivity contribution is 5.90. The van der Waals surface area contributed by atoms with Crippen LogP contribution in [-0.4, -0.2) is 27.0 Å². The van der Waals surface area contributed by atoms with Crippen molar-refractivity contribution in [1.82, 2.24) is 14.5 Å². The van der Waals surface area contributed by atoms with Crippen LogP contribution in [0.4, 0.5) is 14.9 Å². The minimum atomic E-state index is -0.649. The minimum absolute atomic E-state index is 0.0813. The van der Waals surface area contributed by atoms with Crippen molar-refractivity contribution < 1.29 is 9.18 Å². The molecule has 0 aliphatic carbocycles. The molecule has 0 spiro atoms. The summed E-state index contributed by atoms with van der Waals surface area (Å²) in [5.41, 5.74) is 2.09. The number of nitrogens with one attached hydrogen (secondary N) is 1. The summed E-state index contributed by atoms with van der Waals surface area (Å²) in [7, 11) is 0. The average molecular weight is 557 g/mol. The lowest BCUT2D eigenvalue weighted by Crippen LogP contribution is -2.41. The van der Waals surface area contributed by atoms with Crippen LogP contribution in [0, 0.1) is 5.82 Å². The predicted octanol–water partition coefficient (Wildman–Crippen LogP) is 7.52. The molecule has 0 saturated carbocycles. The smallest absolute Gasteiger partial charge is 0.314 e. The number of fused-ring (bicyclic) bond motifs is 2. The Morgan fingerprint density at radius 1 is 0.857 bits per heavy atom. The molecule has 1 N–H and O–H groups in total. The van der Waals surface area contributed by atoms with Gasteiger partial charge in [0.25, 0.3) is 5.56 Å². The van der Waals surface area contributed by atoms with E-state index in [4.69, 9.17) is 4.98 Å². The Hall–Kier alpha value is -5.30. The number of benzene rings is 5. The summed E-state index contributed by atoms with van der Waals surface area (Å²) in [6.07, 6.45) is 0.559. The molecular weight excluding hydrogens is 527 g/mol. The molecule has 0 saturated heterocycles. The van der Waals surface area contributed by atoms with Crippen LogP contribution in [0.25, 0.3) is 27.4 Å². The fourth-order valence-corrected chi connectivity index (χ4v) is 5.25. The molecule has 0 aliphatic rings. The predicted molar refractivity (Wildman–Crippen MR) is 166 cm³/mol.